The Morgan fingerprint density at radius 1 is 1.05 bits per heavy atom. The second-order valence-electron chi connectivity index (χ2n) is 4.74. The molecule has 0 bridgehead atoms. The minimum atomic E-state index is 0.294. The predicted molar refractivity (Wildman–Crippen MR) is 83.7 cm³/mol. The molecule has 106 valence electrons. The number of hydrogen-bond donors (Lipinski definition) is 2. The lowest BCUT2D eigenvalue weighted by molar-refractivity contribution is 0.397. The number of fused-ring (bicyclic) bond motifs is 1. The van der Waals surface area contributed by atoms with Crippen LogP contribution in [0.4, 0.5) is 5.69 Å². The van der Waals surface area contributed by atoms with E-state index in [0.29, 0.717) is 18.2 Å². The summed E-state index contributed by atoms with van der Waals surface area (Å²) in [5.74, 6) is 0.899. The normalized spacial score (nSPS) is 10.5. The van der Waals surface area contributed by atoms with Gasteiger partial charge in [0, 0.05) is 35.3 Å². The average Bonchev–Trinajstić information content (AvgIpc) is 2.54. The number of nitrogens with zero attached hydrogens (tertiary/aromatic N) is 1. The number of rotatable bonds is 4. The minimum Gasteiger partial charge on any atom is -0.507 e. The fraction of sp³-hybridized carbons (Fsp3) is 0.118. The van der Waals surface area contributed by atoms with Gasteiger partial charge in [-0.3, -0.25) is 0 Å². The third-order valence-electron chi connectivity index (χ3n) is 3.39. The highest BCUT2D eigenvalue weighted by atomic mass is 16.5. The number of pyridine rings is 1. The van der Waals surface area contributed by atoms with Crippen LogP contribution in [0.2, 0.25) is 0 Å². The van der Waals surface area contributed by atoms with E-state index in [1.54, 1.807) is 19.4 Å². The van der Waals surface area contributed by atoms with E-state index in [0.717, 1.165) is 22.0 Å². The Hall–Kier alpha value is -2.75. The van der Waals surface area contributed by atoms with Gasteiger partial charge in [-0.05, 0) is 17.7 Å². The van der Waals surface area contributed by atoms with Gasteiger partial charge in [0.1, 0.15) is 5.75 Å². The first-order valence-corrected chi connectivity index (χ1v) is 6.71. The van der Waals surface area contributed by atoms with Gasteiger partial charge in [0.2, 0.25) is 5.88 Å². The number of ether oxygens (including phenoxy) is 1. The molecule has 0 saturated carbocycles. The molecule has 2 N–H and O–H groups in total. The third kappa shape index (κ3) is 2.74. The van der Waals surface area contributed by atoms with Crippen LogP contribution in [-0.4, -0.2) is 17.2 Å². The number of phenolic OH excluding ortho intramolecular Hbond substituents is 1. The molecule has 0 radical (unpaired) electrons. The van der Waals surface area contributed by atoms with Gasteiger partial charge in [-0.25, -0.2) is 4.98 Å². The van der Waals surface area contributed by atoms with E-state index in [9.17, 15) is 5.11 Å². The molecule has 0 unspecified atom stereocenters. The second kappa shape index (κ2) is 5.71. The van der Waals surface area contributed by atoms with Crippen molar-refractivity contribution in [3.05, 3.63) is 60.3 Å². The third-order valence-corrected chi connectivity index (χ3v) is 3.39. The predicted octanol–water partition coefficient (Wildman–Crippen LogP) is 3.56. The molecule has 3 aromatic rings. The Morgan fingerprint density at radius 2 is 1.86 bits per heavy atom. The van der Waals surface area contributed by atoms with Crippen LogP contribution in [0.25, 0.3) is 10.8 Å². The molecule has 0 amide bonds. The average molecular weight is 280 g/mol. The van der Waals surface area contributed by atoms with Crippen molar-refractivity contribution in [1.82, 2.24) is 4.98 Å². The lowest BCUT2D eigenvalue weighted by atomic mass is 10.1. The zero-order valence-electron chi connectivity index (χ0n) is 11.7. The number of hydrogen-bond acceptors (Lipinski definition) is 4. The number of aromatic nitrogens is 1. The Bertz CT molecular complexity index is 754. The summed E-state index contributed by atoms with van der Waals surface area (Å²) in [4.78, 5) is 4.18. The van der Waals surface area contributed by atoms with Gasteiger partial charge in [0.15, 0.2) is 0 Å². The van der Waals surface area contributed by atoms with Crippen molar-refractivity contribution in [2.45, 2.75) is 6.54 Å². The van der Waals surface area contributed by atoms with Crippen molar-refractivity contribution in [3.63, 3.8) is 0 Å². The molecule has 0 aliphatic heterocycles. The smallest absolute Gasteiger partial charge is 0.212 e. The van der Waals surface area contributed by atoms with Gasteiger partial charge in [0.05, 0.1) is 7.11 Å². The van der Waals surface area contributed by atoms with Crippen LogP contribution < -0.4 is 10.1 Å². The number of phenols is 1. The molecule has 0 aliphatic rings. The molecule has 4 heteroatoms. The molecule has 2 aromatic carbocycles. The number of aromatic hydroxyl groups is 1. The fourth-order valence-corrected chi connectivity index (χ4v) is 2.28. The van der Waals surface area contributed by atoms with Gasteiger partial charge < -0.3 is 15.2 Å². The second-order valence-corrected chi connectivity index (χ2v) is 4.74. The summed E-state index contributed by atoms with van der Waals surface area (Å²) in [6.45, 7) is 0.658. The van der Waals surface area contributed by atoms with Crippen LogP contribution >= 0.6 is 0 Å². The lowest BCUT2D eigenvalue weighted by Gasteiger charge is -2.10. The highest BCUT2D eigenvalue weighted by molar-refractivity contribution is 5.97. The molecule has 3 rings (SSSR count). The zero-order chi connectivity index (χ0) is 14.7. The van der Waals surface area contributed by atoms with Gasteiger partial charge in [0.25, 0.3) is 0 Å². The molecule has 0 fully saturated rings. The van der Waals surface area contributed by atoms with Crippen LogP contribution in [0.3, 0.4) is 0 Å². The number of methoxy groups -OCH3 is 1. The summed E-state index contributed by atoms with van der Waals surface area (Å²) in [6, 6.07) is 15.2. The summed E-state index contributed by atoms with van der Waals surface area (Å²) < 4.78 is 5.04. The molecular weight excluding hydrogens is 264 g/mol. The molecule has 4 nitrogen and oxygen atoms in total. The topological polar surface area (TPSA) is 54.4 Å². The Balaban J connectivity index is 1.83. The van der Waals surface area contributed by atoms with Crippen LogP contribution in [0.15, 0.2) is 54.7 Å². The van der Waals surface area contributed by atoms with Gasteiger partial charge >= 0.3 is 0 Å². The SMILES string of the molecule is COc1ccc(CNc2cccc3c(O)cccc23)cn1. The van der Waals surface area contributed by atoms with Crippen LogP contribution in [0, 0.1) is 0 Å². The van der Waals surface area contributed by atoms with Gasteiger partial charge in [-0.2, -0.15) is 0 Å². The summed E-state index contributed by atoms with van der Waals surface area (Å²) >= 11 is 0. The van der Waals surface area contributed by atoms with E-state index in [-0.39, 0.29) is 0 Å². The number of anilines is 1. The van der Waals surface area contributed by atoms with E-state index in [4.69, 9.17) is 4.74 Å². The van der Waals surface area contributed by atoms with E-state index >= 15 is 0 Å². The first-order valence-electron chi connectivity index (χ1n) is 6.71. The molecule has 21 heavy (non-hydrogen) atoms. The number of nitrogens with one attached hydrogen (secondary N) is 1. The van der Waals surface area contributed by atoms with Crippen molar-refractivity contribution in [2.24, 2.45) is 0 Å². The first-order chi connectivity index (χ1) is 10.3. The summed E-state index contributed by atoms with van der Waals surface area (Å²) in [6.07, 6.45) is 1.79. The van der Waals surface area contributed by atoms with Crippen molar-refractivity contribution in [3.8, 4) is 11.6 Å². The number of benzene rings is 2. The maximum absolute atomic E-state index is 9.89. The Morgan fingerprint density at radius 3 is 2.62 bits per heavy atom. The van der Waals surface area contributed by atoms with E-state index in [2.05, 4.69) is 10.3 Å². The molecule has 0 spiro atoms. The maximum atomic E-state index is 9.89. The zero-order valence-corrected chi connectivity index (χ0v) is 11.7. The first kappa shape index (κ1) is 13.2. The van der Waals surface area contributed by atoms with Gasteiger partial charge in [-0.15, -0.1) is 0 Å². The molecular formula is C17H16N2O2. The molecule has 0 aliphatic carbocycles. The fourth-order valence-electron chi connectivity index (χ4n) is 2.28. The Kier molecular flexibility index (Phi) is 3.60. The van der Waals surface area contributed by atoms with Crippen molar-refractivity contribution in [2.75, 3.05) is 12.4 Å². The minimum absolute atomic E-state index is 0.294. The molecule has 0 atom stereocenters. The molecule has 1 heterocycles. The highest BCUT2D eigenvalue weighted by Crippen LogP contribution is 2.29. The summed E-state index contributed by atoms with van der Waals surface area (Å²) in [5, 5.41) is 15.1. The summed E-state index contributed by atoms with van der Waals surface area (Å²) in [5.41, 5.74) is 2.05. The highest BCUT2D eigenvalue weighted by Gasteiger charge is 2.04. The Labute approximate surface area is 123 Å². The van der Waals surface area contributed by atoms with Crippen molar-refractivity contribution in [1.29, 1.82) is 0 Å². The van der Waals surface area contributed by atoms with E-state index in [1.807, 2.05) is 42.5 Å². The van der Waals surface area contributed by atoms with Crippen LogP contribution in [0.1, 0.15) is 5.56 Å². The van der Waals surface area contributed by atoms with E-state index < -0.39 is 0 Å². The summed E-state index contributed by atoms with van der Waals surface area (Å²) in [7, 11) is 1.60. The quantitative estimate of drug-likeness (QED) is 0.767. The molecule has 0 saturated heterocycles. The molecule has 1 aromatic heterocycles. The van der Waals surface area contributed by atoms with Gasteiger partial charge in [-0.1, -0.05) is 30.3 Å². The van der Waals surface area contributed by atoms with Crippen LogP contribution in [-0.2, 0) is 6.54 Å². The standard InChI is InChI=1S/C17H16N2O2/c1-21-17-9-8-12(11-19-17)10-18-15-6-2-5-14-13(15)4-3-7-16(14)20/h2-9,11,18,20H,10H2,1H3. The van der Waals surface area contributed by atoms with Crippen LogP contribution in [0.5, 0.6) is 11.6 Å². The maximum Gasteiger partial charge on any atom is 0.212 e. The largest absolute Gasteiger partial charge is 0.507 e. The lowest BCUT2D eigenvalue weighted by Crippen LogP contribution is -2.00. The monoisotopic (exact) mass is 280 g/mol. The van der Waals surface area contributed by atoms with Crippen molar-refractivity contribution < 1.29 is 9.84 Å². The van der Waals surface area contributed by atoms with E-state index in [1.165, 1.54) is 0 Å². The van der Waals surface area contributed by atoms with Crippen molar-refractivity contribution >= 4 is 16.5 Å².